The van der Waals surface area contributed by atoms with Gasteiger partial charge in [-0.15, -0.1) is 0 Å². The predicted molar refractivity (Wildman–Crippen MR) is 240 cm³/mol. The number of rotatable bonds is 8. The second kappa shape index (κ2) is 13.9. The van der Waals surface area contributed by atoms with Crippen molar-refractivity contribution in [3.8, 4) is 44.8 Å². The third-order valence-electron chi connectivity index (χ3n) is 11.7. The van der Waals surface area contributed by atoms with Crippen molar-refractivity contribution in [2.24, 2.45) is 0 Å². The van der Waals surface area contributed by atoms with Crippen molar-refractivity contribution in [1.29, 1.82) is 0 Å². The van der Waals surface area contributed by atoms with Crippen molar-refractivity contribution >= 4 is 44.8 Å². The zero-order valence-corrected chi connectivity index (χ0v) is 32.4. The highest BCUT2D eigenvalue weighted by Crippen LogP contribution is 2.50. The molecule has 278 valence electrons. The maximum absolute atomic E-state index is 11.7. The molecule has 8 aromatic carbocycles. The van der Waals surface area contributed by atoms with Gasteiger partial charge in [0, 0.05) is 45.0 Å². The third-order valence-corrected chi connectivity index (χ3v) is 11.7. The van der Waals surface area contributed by atoms with Gasteiger partial charge in [0.25, 0.3) is 0 Å². The number of para-hydroxylation sites is 2. The molecule has 1 heterocycles. The van der Waals surface area contributed by atoms with Crippen LogP contribution in [0.4, 0.5) is 17.1 Å². The lowest BCUT2D eigenvalue weighted by Gasteiger charge is -2.28. The first-order chi connectivity index (χ1) is 28.4. The molecule has 9 aromatic rings. The van der Waals surface area contributed by atoms with E-state index in [0.29, 0.717) is 5.75 Å². The van der Waals surface area contributed by atoms with Crippen LogP contribution in [0, 0.1) is 0 Å². The van der Waals surface area contributed by atoms with Gasteiger partial charge in [0.05, 0.1) is 11.0 Å². The van der Waals surface area contributed by atoms with E-state index in [2.05, 4.69) is 194 Å². The summed E-state index contributed by atoms with van der Waals surface area (Å²) in [6.07, 6.45) is 1.17. The number of esters is 1. The van der Waals surface area contributed by atoms with Crippen molar-refractivity contribution in [3.63, 3.8) is 0 Å². The fourth-order valence-corrected chi connectivity index (χ4v) is 8.77. The fourth-order valence-electron chi connectivity index (χ4n) is 8.77. The van der Waals surface area contributed by atoms with Crippen LogP contribution in [0.25, 0.3) is 60.9 Å². The Morgan fingerprint density at radius 1 is 0.534 bits per heavy atom. The number of hydrogen-bond acceptors (Lipinski definition) is 3. The summed E-state index contributed by atoms with van der Waals surface area (Å²) in [5.41, 5.74) is 16.3. The average molecular weight is 749 g/mol. The zero-order valence-electron chi connectivity index (χ0n) is 32.4. The molecule has 0 amide bonds. The lowest BCUT2D eigenvalue weighted by molar-refractivity contribution is -0.128. The average Bonchev–Trinajstić information content (AvgIpc) is 3.72. The molecule has 0 N–H and O–H groups in total. The van der Waals surface area contributed by atoms with E-state index < -0.39 is 5.97 Å². The number of carbonyl (C=O) groups is 1. The molecule has 0 aliphatic heterocycles. The molecule has 4 heteroatoms. The molecule has 0 fully saturated rings. The van der Waals surface area contributed by atoms with Gasteiger partial charge in [-0.2, -0.15) is 0 Å². The highest BCUT2D eigenvalue weighted by molar-refractivity contribution is 6.10. The van der Waals surface area contributed by atoms with Gasteiger partial charge in [0.15, 0.2) is 0 Å². The van der Waals surface area contributed by atoms with Crippen LogP contribution in [-0.4, -0.2) is 10.5 Å². The van der Waals surface area contributed by atoms with Crippen LogP contribution in [-0.2, 0) is 10.2 Å². The highest BCUT2D eigenvalue weighted by atomic mass is 16.5. The molecule has 0 atom stereocenters. The Hall–Kier alpha value is -7.43. The van der Waals surface area contributed by atoms with Crippen molar-refractivity contribution in [2.45, 2.75) is 19.3 Å². The number of hydrogen-bond donors (Lipinski definition) is 0. The van der Waals surface area contributed by atoms with E-state index in [-0.39, 0.29) is 5.41 Å². The van der Waals surface area contributed by atoms with Gasteiger partial charge in [0.1, 0.15) is 5.75 Å². The van der Waals surface area contributed by atoms with Crippen LogP contribution < -0.4 is 9.64 Å². The standard InChI is InChI=1S/C54H40N2O2/c1-4-53(57)58-44-30-22-37(23-31-44)36-18-25-41(26-19-36)55(43-29-32-46-45-14-8-10-16-49(45)54(2,3)50(46)35-43)42-27-20-38(21-28-42)39-24-33-52-48(34-39)47-15-9-11-17-51(47)56(52)40-12-6-5-7-13-40/h4-35H,1H2,2-3H3. The molecule has 1 aliphatic carbocycles. The van der Waals surface area contributed by atoms with Crippen LogP contribution in [0.5, 0.6) is 5.75 Å². The Morgan fingerprint density at radius 2 is 1.09 bits per heavy atom. The molecule has 58 heavy (non-hydrogen) atoms. The monoisotopic (exact) mass is 748 g/mol. The number of benzene rings is 8. The first kappa shape index (κ1) is 35.0. The van der Waals surface area contributed by atoms with Gasteiger partial charge in [-0.1, -0.05) is 130 Å². The summed E-state index contributed by atoms with van der Waals surface area (Å²) in [5.74, 6) is 0.0118. The topological polar surface area (TPSA) is 34.5 Å². The predicted octanol–water partition coefficient (Wildman–Crippen LogP) is 14.0. The number of nitrogens with zero attached hydrogens (tertiary/aromatic N) is 2. The summed E-state index contributed by atoms with van der Waals surface area (Å²) in [7, 11) is 0. The van der Waals surface area contributed by atoms with Crippen LogP contribution in [0.3, 0.4) is 0 Å². The molecule has 10 rings (SSSR count). The summed E-state index contributed by atoms with van der Waals surface area (Å²) < 4.78 is 7.65. The summed E-state index contributed by atoms with van der Waals surface area (Å²) in [6, 6.07) is 66.9. The number of anilines is 3. The normalized spacial score (nSPS) is 12.6. The Kier molecular flexibility index (Phi) is 8.42. The van der Waals surface area contributed by atoms with Crippen molar-refractivity contribution in [2.75, 3.05) is 4.90 Å². The summed E-state index contributed by atoms with van der Waals surface area (Å²) in [4.78, 5) is 14.1. The largest absolute Gasteiger partial charge is 0.423 e. The highest BCUT2D eigenvalue weighted by Gasteiger charge is 2.35. The number of ether oxygens (including phenoxy) is 1. The van der Waals surface area contributed by atoms with E-state index in [4.69, 9.17) is 4.74 Å². The van der Waals surface area contributed by atoms with Gasteiger partial charge < -0.3 is 14.2 Å². The van der Waals surface area contributed by atoms with E-state index in [1.165, 1.54) is 55.7 Å². The number of carbonyl (C=O) groups excluding carboxylic acids is 1. The maximum atomic E-state index is 11.7. The molecule has 0 bridgehead atoms. The molecule has 1 aliphatic rings. The Bertz CT molecular complexity index is 3010. The Balaban J connectivity index is 1.04. The lowest BCUT2D eigenvalue weighted by Crippen LogP contribution is -2.16. The molecule has 0 unspecified atom stereocenters. The van der Waals surface area contributed by atoms with Gasteiger partial charge in [-0.3, -0.25) is 0 Å². The first-order valence-electron chi connectivity index (χ1n) is 19.7. The number of fused-ring (bicyclic) bond motifs is 6. The molecule has 0 spiro atoms. The number of aromatic nitrogens is 1. The molecule has 4 nitrogen and oxygen atoms in total. The zero-order chi connectivity index (χ0) is 39.4. The van der Waals surface area contributed by atoms with Gasteiger partial charge >= 0.3 is 5.97 Å². The van der Waals surface area contributed by atoms with Crippen LogP contribution in [0.1, 0.15) is 25.0 Å². The van der Waals surface area contributed by atoms with E-state index in [0.717, 1.165) is 39.4 Å². The van der Waals surface area contributed by atoms with E-state index >= 15 is 0 Å². The molecular weight excluding hydrogens is 709 g/mol. The SMILES string of the molecule is C=CC(=O)Oc1ccc(-c2ccc(N(c3ccc(-c4ccc5c(c4)c4ccccc4n5-c4ccccc4)cc3)c3ccc4c(c3)C(C)(C)c3ccccc3-4)cc2)cc1. The third kappa shape index (κ3) is 5.89. The quantitative estimate of drug-likeness (QED) is 0.0882. The molecule has 0 saturated heterocycles. The van der Waals surface area contributed by atoms with E-state index in [1.54, 1.807) is 0 Å². The Labute approximate surface area is 338 Å². The lowest BCUT2D eigenvalue weighted by atomic mass is 9.82. The molecular formula is C54H40N2O2. The van der Waals surface area contributed by atoms with Crippen molar-refractivity contribution in [3.05, 3.63) is 212 Å². The minimum atomic E-state index is -0.475. The van der Waals surface area contributed by atoms with Gasteiger partial charge in [0.2, 0.25) is 0 Å². The minimum absolute atomic E-state index is 0.129. The minimum Gasteiger partial charge on any atom is -0.423 e. The summed E-state index contributed by atoms with van der Waals surface area (Å²) in [5, 5.41) is 2.47. The van der Waals surface area contributed by atoms with Crippen LogP contribution in [0.15, 0.2) is 201 Å². The first-order valence-corrected chi connectivity index (χ1v) is 19.7. The van der Waals surface area contributed by atoms with Crippen molar-refractivity contribution < 1.29 is 9.53 Å². The molecule has 0 radical (unpaired) electrons. The summed E-state index contributed by atoms with van der Waals surface area (Å²) >= 11 is 0. The van der Waals surface area contributed by atoms with E-state index in [1.807, 2.05) is 24.3 Å². The van der Waals surface area contributed by atoms with Crippen molar-refractivity contribution in [1.82, 2.24) is 4.57 Å². The smallest absolute Gasteiger partial charge is 0.335 e. The van der Waals surface area contributed by atoms with E-state index in [9.17, 15) is 4.79 Å². The maximum Gasteiger partial charge on any atom is 0.335 e. The second-order valence-electron chi connectivity index (χ2n) is 15.4. The molecule has 1 aromatic heterocycles. The Morgan fingerprint density at radius 3 is 1.79 bits per heavy atom. The fraction of sp³-hybridized carbons (Fsp3) is 0.0556. The van der Waals surface area contributed by atoms with Gasteiger partial charge in [-0.25, -0.2) is 4.79 Å². The van der Waals surface area contributed by atoms with Crippen LogP contribution >= 0.6 is 0 Å². The molecule has 0 saturated carbocycles. The second-order valence-corrected chi connectivity index (χ2v) is 15.4. The van der Waals surface area contributed by atoms with Gasteiger partial charge in [-0.05, 0) is 123 Å². The summed E-state index contributed by atoms with van der Waals surface area (Å²) in [6.45, 7) is 8.14. The van der Waals surface area contributed by atoms with Crippen LogP contribution in [0.2, 0.25) is 0 Å².